The van der Waals surface area contributed by atoms with E-state index in [4.69, 9.17) is 0 Å². The maximum atomic E-state index is 12.4. The Morgan fingerprint density at radius 3 is 3.12 bits per heavy atom. The van der Waals surface area contributed by atoms with E-state index in [2.05, 4.69) is 21.4 Å². The number of aryl methyl sites for hydroxylation is 2. The van der Waals surface area contributed by atoms with Gasteiger partial charge >= 0.3 is 0 Å². The number of amides is 1. The SMILES string of the molecule is CN(Cc1ccsc1)C(=O)CSc1ncnc2sc3c(c12)CCC3. The van der Waals surface area contributed by atoms with Crippen LogP contribution >= 0.6 is 34.4 Å². The van der Waals surface area contributed by atoms with Gasteiger partial charge in [0.2, 0.25) is 5.91 Å². The van der Waals surface area contributed by atoms with Gasteiger partial charge in [-0.25, -0.2) is 9.97 Å². The molecule has 3 aromatic rings. The Labute approximate surface area is 152 Å². The molecule has 7 heteroatoms. The zero-order valence-corrected chi connectivity index (χ0v) is 15.8. The molecule has 0 fully saturated rings. The van der Waals surface area contributed by atoms with Crippen LogP contribution in [0.15, 0.2) is 28.2 Å². The first-order chi connectivity index (χ1) is 11.7. The molecule has 0 aromatic carbocycles. The molecule has 0 radical (unpaired) electrons. The predicted molar refractivity (Wildman–Crippen MR) is 101 cm³/mol. The average molecular weight is 376 g/mol. The highest BCUT2D eigenvalue weighted by Gasteiger charge is 2.22. The molecule has 1 amide bonds. The summed E-state index contributed by atoms with van der Waals surface area (Å²) in [7, 11) is 1.86. The van der Waals surface area contributed by atoms with Gasteiger partial charge in [0, 0.05) is 23.9 Å². The van der Waals surface area contributed by atoms with Gasteiger partial charge in [-0.2, -0.15) is 11.3 Å². The molecule has 4 rings (SSSR count). The van der Waals surface area contributed by atoms with Gasteiger partial charge in [-0.05, 0) is 47.2 Å². The molecule has 0 N–H and O–H groups in total. The lowest BCUT2D eigenvalue weighted by atomic mass is 10.2. The number of fused-ring (bicyclic) bond motifs is 3. The topological polar surface area (TPSA) is 46.1 Å². The summed E-state index contributed by atoms with van der Waals surface area (Å²) in [4.78, 5) is 25.6. The molecule has 0 spiro atoms. The van der Waals surface area contributed by atoms with E-state index in [1.807, 2.05) is 12.4 Å². The second-order valence-electron chi connectivity index (χ2n) is 5.89. The van der Waals surface area contributed by atoms with Gasteiger partial charge in [-0.15, -0.1) is 11.3 Å². The summed E-state index contributed by atoms with van der Waals surface area (Å²) < 4.78 is 0. The van der Waals surface area contributed by atoms with Crippen LogP contribution in [0, 0.1) is 0 Å². The molecule has 24 heavy (non-hydrogen) atoms. The van der Waals surface area contributed by atoms with Crippen molar-refractivity contribution < 1.29 is 4.79 Å². The summed E-state index contributed by atoms with van der Waals surface area (Å²) in [5.41, 5.74) is 2.60. The minimum Gasteiger partial charge on any atom is -0.341 e. The van der Waals surface area contributed by atoms with Crippen LogP contribution < -0.4 is 0 Å². The first-order valence-electron chi connectivity index (χ1n) is 7.85. The highest BCUT2D eigenvalue weighted by atomic mass is 32.2. The fourth-order valence-corrected chi connectivity index (χ4v) is 5.91. The van der Waals surface area contributed by atoms with E-state index in [9.17, 15) is 4.79 Å². The van der Waals surface area contributed by atoms with Crippen LogP contribution in [0.5, 0.6) is 0 Å². The van der Waals surface area contributed by atoms with Crippen LogP contribution in [-0.2, 0) is 24.2 Å². The van der Waals surface area contributed by atoms with E-state index >= 15 is 0 Å². The number of hydrogen-bond donors (Lipinski definition) is 0. The fraction of sp³-hybridized carbons (Fsp3) is 0.353. The van der Waals surface area contributed by atoms with Crippen molar-refractivity contribution in [2.45, 2.75) is 30.8 Å². The van der Waals surface area contributed by atoms with Crippen LogP contribution in [0.25, 0.3) is 10.2 Å². The molecular weight excluding hydrogens is 358 g/mol. The Morgan fingerprint density at radius 2 is 2.29 bits per heavy atom. The summed E-state index contributed by atoms with van der Waals surface area (Å²) in [6.07, 6.45) is 5.11. The van der Waals surface area contributed by atoms with Crippen LogP contribution in [0.2, 0.25) is 0 Å². The molecule has 4 nitrogen and oxygen atoms in total. The number of rotatable bonds is 5. The summed E-state index contributed by atoms with van der Waals surface area (Å²) in [5.74, 6) is 0.544. The minimum atomic E-state index is 0.129. The van der Waals surface area contributed by atoms with E-state index in [1.54, 1.807) is 33.9 Å². The molecule has 0 saturated carbocycles. The molecule has 1 aliphatic carbocycles. The Morgan fingerprint density at radius 1 is 1.38 bits per heavy atom. The maximum Gasteiger partial charge on any atom is 0.233 e. The fourth-order valence-electron chi connectivity index (χ4n) is 2.99. The van der Waals surface area contributed by atoms with Crippen molar-refractivity contribution in [3.63, 3.8) is 0 Å². The van der Waals surface area contributed by atoms with Crippen molar-refractivity contribution in [3.8, 4) is 0 Å². The van der Waals surface area contributed by atoms with Crippen molar-refractivity contribution in [2.75, 3.05) is 12.8 Å². The lowest BCUT2D eigenvalue weighted by molar-refractivity contribution is -0.127. The number of aromatic nitrogens is 2. The third-order valence-corrected chi connectivity index (χ3v) is 7.13. The van der Waals surface area contributed by atoms with Crippen LogP contribution in [0.1, 0.15) is 22.4 Å². The first-order valence-corrected chi connectivity index (χ1v) is 10.6. The minimum absolute atomic E-state index is 0.129. The highest BCUT2D eigenvalue weighted by molar-refractivity contribution is 8.00. The van der Waals surface area contributed by atoms with Gasteiger partial charge in [-0.3, -0.25) is 4.79 Å². The van der Waals surface area contributed by atoms with Crippen molar-refractivity contribution in [3.05, 3.63) is 39.2 Å². The number of hydrogen-bond acceptors (Lipinski definition) is 6. The lowest BCUT2D eigenvalue weighted by Crippen LogP contribution is -2.27. The molecule has 0 bridgehead atoms. The molecule has 0 aliphatic heterocycles. The molecular formula is C17H17N3OS3. The quantitative estimate of drug-likeness (QED) is 0.500. The molecule has 3 aromatic heterocycles. The van der Waals surface area contributed by atoms with Gasteiger partial charge in [0.25, 0.3) is 0 Å². The summed E-state index contributed by atoms with van der Waals surface area (Å²) in [5, 5.41) is 6.27. The number of carbonyl (C=O) groups excluding carboxylic acids is 1. The van der Waals surface area contributed by atoms with Crippen molar-refractivity contribution in [2.24, 2.45) is 0 Å². The van der Waals surface area contributed by atoms with Crippen LogP contribution in [0.4, 0.5) is 0 Å². The largest absolute Gasteiger partial charge is 0.341 e. The maximum absolute atomic E-state index is 12.4. The van der Waals surface area contributed by atoms with Crippen LogP contribution in [0.3, 0.4) is 0 Å². The second kappa shape index (κ2) is 6.82. The molecule has 0 unspecified atom stereocenters. The molecule has 0 atom stereocenters. The normalized spacial score (nSPS) is 13.4. The predicted octanol–water partition coefficient (Wildman–Crippen LogP) is 3.99. The second-order valence-corrected chi connectivity index (χ2v) is 8.71. The third-order valence-electron chi connectivity index (χ3n) is 4.22. The van der Waals surface area contributed by atoms with Gasteiger partial charge in [0.05, 0.1) is 5.75 Å². The van der Waals surface area contributed by atoms with Crippen molar-refractivity contribution >= 4 is 50.6 Å². The van der Waals surface area contributed by atoms with E-state index in [1.165, 1.54) is 39.6 Å². The smallest absolute Gasteiger partial charge is 0.233 e. The Balaban J connectivity index is 1.48. The van der Waals surface area contributed by atoms with Gasteiger partial charge < -0.3 is 4.90 Å². The molecule has 1 aliphatic rings. The summed E-state index contributed by atoms with van der Waals surface area (Å²) in [6, 6.07) is 2.06. The lowest BCUT2D eigenvalue weighted by Gasteiger charge is -2.16. The number of carbonyl (C=O) groups is 1. The van der Waals surface area contributed by atoms with E-state index in [-0.39, 0.29) is 5.91 Å². The van der Waals surface area contributed by atoms with Crippen molar-refractivity contribution in [1.29, 1.82) is 0 Å². The van der Waals surface area contributed by atoms with Gasteiger partial charge in [0.15, 0.2) is 0 Å². The van der Waals surface area contributed by atoms with Gasteiger partial charge in [-0.1, -0.05) is 11.8 Å². The standard InChI is InChI=1S/C17H17N3OS3/c1-20(7-11-5-6-22-8-11)14(21)9-23-16-15-12-3-2-4-13(12)24-17(15)19-10-18-16/h5-6,8,10H,2-4,7,9H2,1H3. The van der Waals surface area contributed by atoms with Crippen molar-refractivity contribution in [1.82, 2.24) is 14.9 Å². The average Bonchev–Trinajstić information content (AvgIpc) is 3.28. The monoisotopic (exact) mass is 375 g/mol. The zero-order valence-electron chi connectivity index (χ0n) is 13.3. The number of thioether (sulfide) groups is 1. The van der Waals surface area contributed by atoms with Crippen LogP contribution in [-0.4, -0.2) is 33.6 Å². The highest BCUT2D eigenvalue weighted by Crippen LogP contribution is 2.39. The molecule has 3 heterocycles. The first kappa shape index (κ1) is 16.1. The molecule has 124 valence electrons. The number of thiophene rings is 2. The van der Waals surface area contributed by atoms with E-state index < -0.39 is 0 Å². The number of nitrogens with zero attached hydrogens (tertiary/aromatic N) is 3. The Kier molecular flexibility index (Phi) is 4.56. The third kappa shape index (κ3) is 3.08. The molecule has 0 saturated heterocycles. The summed E-state index contributed by atoms with van der Waals surface area (Å²) in [6.45, 7) is 0.663. The Hall–Kier alpha value is -1.44. The Bertz CT molecular complexity index is 873. The summed E-state index contributed by atoms with van der Waals surface area (Å²) >= 11 is 4.98. The van der Waals surface area contributed by atoms with E-state index in [0.717, 1.165) is 22.7 Å². The van der Waals surface area contributed by atoms with E-state index in [0.29, 0.717) is 12.3 Å². The van der Waals surface area contributed by atoms with Gasteiger partial charge in [0.1, 0.15) is 16.2 Å². The zero-order chi connectivity index (χ0) is 16.5.